The number of aromatic nitrogens is 3. The van der Waals surface area contributed by atoms with Crippen molar-refractivity contribution in [2.24, 2.45) is 5.84 Å². The quantitative estimate of drug-likeness (QED) is 0.605. The smallest absolute Gasteiger partial charge is 0.230 e. The van der Waals surface area contributed by atoms with E-state index >= 15 is 0 Å². The highest BCUT2D eigenvalue weighted by Crippen LogP contribution is 2.15. The summed E-state index contributed by atoms with van der Waals surface area (Å²) in [6.45, 7) is 0. The van der Waals surface area contributed by atoms with Gasteiger partial charge in [-0.1, -0.05) is 18.2 Å². The van der Waals surface area contributed by atoms with Crippen LogP contribution in [0.3, 0.4) is 0 Å². The van der Waals surface area contributed by atoms with Crippen molar-refractivity contribution in [3.8, 4) is 0 Å². The van der Waals surface area contributed by atoms with Crippen LogP contribution in [0.4, 0.5) is 5.95 Å². The van der Waals surface area contributed by atoms with Crippen LogP contribution in [0.1, 0.15) is 0 Å². The first kappa shape index (κ1) is 11.4. The van der Waals surface area contributed by atoms with Crippen molar-refractivity contribution in [1.82, 2.24) is 15.0 Å². The van der Waals surface area contributed by atoms with Gasteiger partial charge in [-0.2, -0.15) is 22.8 Å². The molecule has 0 amide bonds. The van der Waals surface area contributed by atoms with E-state index in [1.165, 1.54) is 24.8 Å². The monoisotopic (exact) mass is 251 g/mol. The second kappa shape index (κ2) is 4.44. The fourth-order valence-corrected chi connectivity index (χ4v) is 2.20. The molecular formula is C9H9N5O2S. The van der Waals surface area contributed by atoms with Crippen LogP contribution in [0.25, 0.3) is 0 Å². The van der Waals surface area contributed by atoms with Crippen LogP contribution in [0, 0.1) is 0 Å². The number of hydrazine groups is 1. The van der Waals surface area contributed by atoms with E-state index < -0.39 is 10.0 Å². The van der Waals surface area contributed by atoms with Gasteiger partial charge in [0.05, 0.1) is 4.90 Å². The molecule has 2 rings (SSSR count). The zero-order valence-corrected chi connectivity index (χ0v) is 9.45. The lowest BCUT2D eigenvalue weighted by Crippen LogP contribution is -2.38. The first-order valence-corrected chi connectivity index (χ1v) is 6.03. The third-order valence-corrected chi connectivity index (χ3v) is 3.53. The minimum Gasteiger partial charge on any atom is -0.230 e. The maximum atomic E-state index is 12.0. The number of nitrogens with zero attached hydrogens (tertiary/aromatic N) is 4. The van der Waals surface area contributed by atoms with Crippen molar-refractivity contribution in [1.29, 1.82) is 0 Å². The first-order valence-electron chi connectivity index (χ1n) is 4.59. The molecular weight excluding hydrogens is 242 g/mol. The Kier molecular flexibility index (Phi) is 2.98. The van der Waals surface area contributed by atoms with Gasteiger partial charge in [-0.3, -0.25) is 0 Å². The Bertz CT molecular complexity index is 587. The normalized spacial score (nSPS) is 11.1. The van der Waals surface area contributed by atoms with Gasteiger partial charge in [0.1, 0.15) is 12.7 Å². The third-order valence-electron chi connectivity index (χ3n) is 1.98. The van der Waals surface area contributed by atoms with Gasteiger partial charge < -0.3 is 0 Å². The summed E-state index contributed by atoms with van der Waals surface area (Å²) < 4.78 is 24.6. The van der Waals surface area contributed by atoms with Gasteiger partial charge in [0.2, 0.25) is 0 Å². The largest absolute Gasteiger partial charge is 0.280 e. The lowest BCUT2D eigenvalue weighted by Gasteiger charge is -2.15. The van der Waals surface area contributed by atoms with Crippen LogP contribution in [-0.2, 0) is 10.0 Å². The number of anilines is 1. The minimum absolute atomic E-state index is 0.0721. The Morgan fingerprint density at radius 2 is 1.65 bits per heavy atom. The molecule has 17 heavy (non-hydrogen) atoms. The van der Waals surface area contributed by atoms with Gasteiger partial charge >= 0.3 is 0 Å². The molecule has 0 fully saturated rings. The van der Waals surface area contributed by atoms with Crippen LogP contribution >= 0.6 is 0 Å². The Hall–Kier alpha value is -2.06. The summed E-state index contributed by atoms with van der Waals surface area (Å²) in [4.78, 5) is 11.0. The van der Waals surface area contributed by atoms with Crippen LogP contribution in [0.5, 0.6) is 0 Å². The molecule has 0 radical (unpaired) electrons. The van der Waals surface area contributed by atoms with Crippen molar-refractivity contribution in [3.63, 3.8) is 0 Å². The molecule has 0 saturated carbocycles. The molecule has 1 heterocycles. The molecule has 0 atom stereocenters. The molecule has 7 nitrogen and oxygen atoms in total. The standard InChI is InChI=1S/C9H9N5O2S/c10-14(9-12-6-11-7-13-9)17(15,16)8-4-2-1-3-5-8/h1-7H,10H2. The third kappa shape index (κ3) is 2.22. The molecule has 0 aliphatic heterocycles. The highest BCUT2D eigenvalue weighted by atomic mass is 32.2. The van der Waals surface area contributed by atoms with Crippen LogP contribution in [-0.4, -0.2) is 23.4 Å². The molecule has 1 aromatic carbocycles. The first-order chi connectivity index (χ1) is 8.12. The average Bonchev–Trinajstić information content (AvgIpc) is 2.40. The average molecular weight is 251 g/mol. The number of hydrogen-bond donors (Lipinski definition) is 1. The predicted molar refractivity (Wildman–Crippen MR) is 60.1 cm³/mol. The summed E-state index contributed by atoms with van der Waals surface area (Å²) in [6, 6.07) is 7.80. The van der Waals surface area contributed by atoms with E-state index in [1.54, 1.807) is 18.2 Å². The number of nitrogens with two attached hydrogens (primary N) is 1. The number of rotatable bonds is 3. The molecule has 0 aliphatic carbocycles. The van der Waals surface area contributed by atoms with Crippen LogP contribution in [0.2, 0.25) is 0 Å². The SMILES string of the molecule is NN(c1ncncn1)S(=O)(=O)c1ccccc1. The fraction of sp³-hybridized carbons (Fsp3) is 0. The van der Waals surface area contributed by atoms with Crippen molar-refractivity contribution < 1.29 is 8.42 Å². The Balaban J connectivity index is 2.41. The van der Waals surface area contributed by atoms with Crippen molar-refractivity contribution in [2.45, 2.75) is 4.90 Å². The number of hydrogen-bond acceptors (Lipinski definition) is 6. The van der Waals surface area contributed by atoms with E-state index in [0.717, 1.165) is 0 Å². The Morgan fingerprint density at radius 1 is 1.06 bits per heavy atom. The molecule has 0 unspecified atom stereocenters. The van der Waals surface area contributed by atoms with E-state index in [4.69, 9.17) is 5.84 Å². The molecule has 2 aromatic rings. The Labute approximate surface area is 98.0 Å². The molecule has 0 spiro atoms. The summed E-state index contributed by atoms with van der Waals surface area (Å²) in [7, 11) is -3.83. The van der Waals surface area contributed by atoms with Gasteiger partial charge in [0.25, 0.3) is 16.0 Å². The summed E-state index contributed by atoms with van der Waals surface area (Å²) in [5.41, 5.74) is 0. The molecule has 0 aliphatic rings. The van der Waals surface area contributed by atoms with E-state index in [0.29, 0.717) is 4.41 Å². The van der Waals surface area contributed by atoms with Gasteiger partial charge in [-0.05, 0) is 12.1 Å². The second-order valence-electron chi connectivity index (χ2n) is 3.05. The summed E-state index contributed by atoms with van der Waals surface area (Å²) in [6.07, 6.45) is 2.34. The zero-order valence-electron chi connectivity index (χ0n) is 8.63. The summed E-state index contributed by atoms with van der Waals surface area (Å²) in [5.74, 6) is 5.36. The molecule has 0 bridgehead atoms. The Morgan fingerprint density at radius 3 is 2.24 bits per heavy atom. The van der Waals surface area contributed by atoms with Crippen molar-refractivity contribution in [2.75, 3.05) is 4.41 Å². The number of benzene rings is 1. The van der Waals surface area contributed by atoms with E-state index in [9.17, 15) is 8.42 Å². The molecule has 2 N–H and O–H groups in total. The van der Waals surface area contributed by atoms with Gasteiger partial charge in [-0.15, -0.1) is 0 Å². The maximum absolute atomic E-state index is 12.0. The van der Waals surface area contributed by atoms with Gasteiger partial charge in [-0.25, -0.2) is 10.8 Å². The van der Waals surface area contributed by atoms with Crippen LogP contribution < -0.4 is 10.3 Å². The van der Waals surface area contributed by atoms with Gasteiger partial charge in [0, 0.05) is 0 Å². The molecule has 88 valence electrons. The number of sulfonamides is 1. The summed E-state index contributed by atoms with van der Waals surface area (Å²) >= 11 is 0. The zero-order chi connectivity index (χ0) is 12.3. The maximum Gasteiger partial charge on any atom is 0.280 e. The van der Waals surface area contributed by atoms with Crippen molar-refractivity contribution in [3.05, 3.63) is 43.0 Å². The van der Waals surface area contributed by atoms with E-state index in [1.807, 2.05) is 0 Å². The molecule has 1 aromatic heterocycles. The molecule has 8 heteroatoms. The van der Waals surface area contributed by atoms with Gasteiger partial charge in [0.15, 0.2) is 0 Å². The highest BCUT2D eigenvalue weighted by Gasteiger charge is 2.23. The minimum atomic E-state index is -3.83. The second-order valence-corrected chi connectivity index (χ2v) is 4.87. The van der Waals surface area contributed by atoms with Crippen molar-refractivity contribution >= 4 is 16.0 Å². The lowest BCUT2D eigenvalue weighted by molar-refractivity contribution is 0.590. The topological polar surface area (TPSA) is 102 Å². The van der Waals surface area contributed by atoms with Crippen LogP contribution in [0.15, 0.2) is 47.9 Å². The lowest BCUT2D eigenvalue weighted by atomic mass is 10.4. The van der Waals surface area contributed by atoms with E-state index in [2.05, 4.69) is 15.0 Å². The molecule has 0 saturated heterocycles. The predicted octanol–water partition coefficient (Wildman–Crippen LogP) is -0.0594. The van der Waals surface area contributed by atoms with E-state index in [-0.39, 0.29) is 10.8 Å². The summed E-state index contributed by atoms with van der Waals surface area (Å²) in [5, 5.41) is 0. The highest BCUT2D eigenvalue weighted by molar-refractivity contribution is 7.92. The fourth-order valence-electron chi connectivity index (χ4n) is 1.16.